The van der Waals surface area contributed by atoms with Crippen LogP contribution in [0.1, 0.15) is 27.4 Å². The van der Waals surface area contributed by atoms with Gasteiger partial charge in [-0.3, -0.25) is 4.79 Å². The minimum absolute atomic E-state index is 0.0399. The van der Waals surface area contributed by atoms with Crippen molar-refractivity contribution in [2.75, 3.05) is 11.9 Å². The third kappa shape index (κ3) is 4.99. The van der Waals surface area contributed by atoms with Crippen LogP contribution in [0.5, 0.6) is 5.75 Å². The molecule has 9 heteroatoms. The van der Waals surface area contributed by atoms with Gasteiger partial charge in [0.1, 0.15) is 23.7 Å². The van der Waals surface area contributed by atoms with Crippen molar-refractivity contribution in [3.05, 3.63) is 76.7 Å². The number of rotatable bonds is 7. The predicted octanol–water partition coefficient (Wildman–Crippen LogP) is 3.94. The lowest BCUT2D eigenvalue weighted by molar-refractivity contribution is -0.119. The molecule has 0 aliphatic rings. The Kier molecular flexibility index (Phi) is 6.41. The molecule has 0 aliphatic heterocycles. The maximum absolute atomic E-state index is 13.2. The number of carbonyl (C=O) groups is 2. The van der Waals surface area contributed by atoms with E-state index in [0.717, 1.165) is 17.7 Å². The van der Waals surface area contributed by atoms with Gasteiger partial charge in [0.2, 0.25) is 0 Å². The van der Waals surface area contributed by atoms with Gasteiger partial charge in [-0.15, -0.1) is 0 Å². The Morgan fingerprint density at radius 3 is 2.57 bits per heavy atom. The molecule has 0 saturated heterocycles. The van der Waals surface area contributed by atoms with Crippen molar-refractivity contribution >= 4 is 17.6 Å². The van der Waals surface area contributed by atoms with Gasteiger partial charge in [0.25, 0.3) is 5.91 Å². The van der Waals surface area contributed by atoms with Gasteiger partial charge < -0.3 is 19.3 Å². The molecule has 1 amide bonds. The summed E-state index contributed by atoms with van der Waals surface area (Å²) in [5.74, 6) is -2.74. The molecule has 156 valence electrons. The Labute approximate surface area is 170 Å². The number of esters is 1. The summed E-state index contributed by atoms with van der Waals surface area (Å²) in [5, 5.41) is 6.16. The first-order chi connectivity index (χ1) is 14.3. The largest absolute Gasteiger partial charge is 0.488 e. The van der Waals surface area contributed by atoms with Gasteiger partial charge in [-0.1, -0.05) is 17.3 Å². The molecule has 0 fully saturated rings. The lowest BCUT2D eigenvalue weighted by Crippen LogP contribution is -2.21. The molecular formula is C21H18F2N2O5. The smallest absolute Gasteiger partial charge is 0.342 e. The molecule has 2 aromatic carbocycles. The Balaban J connectivity index is 1.60. The van der Waals surface area contributed by atoms with Crippen LogP contribution in [0.2, 0.25) is 0 Å². The number of hydrogen-bond acceptors (Lipinski definition) is 6. The molecule has 0 bridgehead atoms. The van der Waals surface area contributed by atoms with E-state index in [0.29, 0.717) is 11.5 Å². The zero-order valence-corrected chi connectivity index (χ0v) is 16.2. The van der Waals surface area contributed by atoms with E-state index in [9.17, 15) is 18.4 Å². The predicted molar refractivity (Wildman–Crippen MR) is 102 cm³/mol. The average Bonchev–Trinajstić information content (AvgIpc) is 3.05. The maximum Gasteiger partial charge on any atom is 0.342 e. The lowest BCUT2D eigenvalue weighted by Gasteiger charge is -2.11. The second-order valence-corrected chi connectivity index (χ2v) is 6.34. The maximum atomic E-state index is 13.2. The molecular weight excluding hydrogens is 398 g/mol. The molecule has 3 aromatic rings. The van der Waals surface area contributed by atoms with Crippen LogP contribution in [0.25, 0.3) is 0 Å². The van der Waals surface area contributed by atoms with Crippen molar-refractivity contribution < 1.29 is 32.4 Å². The summed E-state index contributed by atoms with van der Waals surface area (Å²) >= 11 is 0. The van der Waals surface area contributed by atoms with E-state index in [2.05, 4.69) is 10.5 Å². The zero-order valence-electron chi connectivity index (χ0n) is 16.2. The number of ether oxygens (including phenoxy) is 2. The van der Waals surface area contributed by atoms with Crippen LogP contribution in [-0.4, -0.2) is 23.6 Å². The average molecular weight is 416 g/mol. The summed E-state index contributed by atoms with van der Waals surface area (Å²) in [6, 6.07) is 9.30. The fourth-order valence-electron chi connectivity index (χ4n) is 2.60. The summed E-state index contributed by atoms with van der Waals surface area (Å²) in [4.78, 5) is 24.3. The molecule has 0 radical (unpaired) electrons. The van der Waals surface area contributed by atoms with Gasteiger partial charge in [0, 0.05) is 11.8 Å². The standard InChI is InChI=1S/C21H18F2N2O5/c1-12-16(13(2)30-25-12)10-28-19-6-4-3-5-15(19)21(27)29-11-20(26)24-14-7-8-17(22)18(23)9-14/h3-9H,10-11H2,1-2H3,(H,24,26). The number of para-hydroxylation sites is 1. The van der Waals surface area contributed by atoms with Crippen molar-refractivity contribution in [3.63, 3.8) is 0 Å². The van der Waals surface area contributed by atoms with E-state index in [1.165, 1.54) is 12.1 Å². The first-order valence-electron chi connectivity index (χ1n) is 8.90. The molecule has 1 aromatic heterocycles. The van der Waals surface area contributed by atoms with E-state index in [1.807, 2.05) is 0 Å². The fourth-order valence-corrected chi connectivity index (χ4v) is 2.60. The number of hydrogen-bond donors (Lipinski definition) is 1. The van der Waals surface area contributed by atoms with Gasteiger partial charge in [-0.2, -0.15) is 0 Å². The van der Waals surface area contributed by atoms with E-state index in [4.69, 9.17) is 14.0 Å². The van der Waals surface area contributed by atoms with Crippen LogP contribution in [0.3, 0.4) is 0 Å². The van der Waals surface area contributed by atoms with E-state index < -0.39 is 30.1 Å². The van der Waals surface area contributed by atoms with Crippen molar-refractivity contribution in [1.82, 2.24) is 5.16 Å². The van der Waals surface area contributed by atoms with Crippen molar-refractivity contribution in [2.45, 2.75) is 20.5 Å². The number of nitrogens with one attached hydrogen (secondary N) is 1. The van der Waals surface area contributed by atoms with Crippen LogP contribution < -0.4 is 10.1 Å². The molecule has 0 spiro atoms. The molecule has 1 N–H and O–H groups in total. The summed E-state index contributed by atoms with van der Waals surface area (Å²) in [6.07, 6.45) is 0. The van der Waals surface area contributed by atoms with E-state index >= 15 is 0 Å². The first-order valence-corrected chi connectivity index (χ1v) is 8.90. The van der Waals surface area contributed by atoms with Crippen molar-refractivity contribution in [3.8, 4) is 5.75 Å². The third-order valence-corrected chi connectivity index (χ3v) is 4.20. The number of nitrogens with zero attached hydrogens (tertiary/aromatic N) is 1. The number of benzene rings is 2. The van der Waals surface area contributed by atoms with Gasteiger partial charge in [-0.25, -0.2) is 13.6 Å². The molecule has 1 heterocycles. The normalized spacial score (nSPS) is 10.5. The lowest BCUT2D eigenvalue weighted by atomic mass is 10.2. The van der Waals surface area contributed by atoms with E-state index in [1.54, 1.807) is 32.0 Å². The number of halogens is 2. The molecule has 7 nitrogen and oxygen atoms in total. The number of aromatic nitrogens is 1. The SMILES string of the molecule is Cc1noc(C)c1COc1ccccc1C(=O)OCC(=O)Nc1ccc(F)c(F)c1. The molecule has 30 heavy (non-hydrogen) atoms. The monoisotopic (exact) mass is 416 g/mol. The summed E-state index contributed by atoms with van der Waals surface area (Å²) in [7, 11) is 0. The summed E-state index contributed by atoms with van der Waals surface area (Å²) in [5.41, 5.74) is 1.62. The molecule has 0 aliphatic carbocycles. The molecule has 0 saturated carbocycles. The summed E-state index contributed by atoms with van der Waals surface area (Å²) in [6.45, 7) is 3.06. The number of carbonyl (C=O) groups excluding carboxylic acids is 2. The highest BCUT2D eigenvalue weighted by Crippen LogP contribution is 2.22. The number of anilines is 1. The second-order valence-electron chi connectivity index (χ2n) is 6.34. The highest BCUT2D eigenvalue weighted by molar-refractivity contribution is 5.96. The van der Waals surface area contributed by atoms with Gasteiger partial charge in [0.15, 0.2) is 18.2 Å². The molecule has 0 unspecified atom stereocenters. The first kappa shape index (κ1) is 21.0. The minimum atomic E-state index is -1.10. The van der Waals surface area contributed by atoms with Crippen LogP contribution in [0.4, 0.5) is 14.5 Å². The third-order valence-electron chi connectivity index (χ3n) is 4.20. The second kappa shape index (κ2) is 9.17. The Bertz CT molecular complexity index is 1060. The number of amides is 1. The highest BCUT2D eigenvalue weighted by atomic mass is 19.2. The zero-order chi connectivity index (χ0) is 21.7. The Hall–Kier alpha value is -3.75. The van der Waals surface area contributed by atoms with Crippen LogP contribution in [0, 0.1) is 25.5 Å². The van der Waals surface area contributed by atoms with E-state index in [-0.39, 0.29) is 23.6 Å². The Morgan fingerprint density at radius 1 is 1.10 bits per heavy atom. The molecule has 0 atom stereocenters. The topological polar surface area (TPSA) is 90.7 Å². The summed E-state index contributed by atoms with van der Waals surface area (Å²) < 4.78 is 41.9. The van der Waals surface area contributed by atoms with Crippen LogP contribution >= 0.6 is 0 Å². The van der Waals surface area contributed by atoms with Crippen LogP contribution in [-0.2, 0) is 16.1 Å². The van der Waals surface area contributed by atoms with Gasteiger partial charge in [-0.05, 0) is 38.1 Å². The fraction of sp³-hybridized carbons (Fsp3) is 0.190. The van der Waals surface area contributed by atoms with Crippen LogP contribution in [0.15, 0.2) is 47.0 Å². The van der Waals surface area contributed by atoms with Gasteiger partial charge >= 0.3 is 5.97 Å². The quantitative estimate of drug-likeness (QED) is 0.587. The van der Waals surface area contributed by atoms with Gasteiger partial charge in [0.05, 0.1) is 11.3 Å². The minimum Gasteiger partial charge on any atom is -0.488 e. The van der Waals surface area contributed by atoms with Crippen molar-refractivity contribution in [2.24, 2.45) is 0 Å². The molecule has 3 rings (SSSR count). The number of aryl methyl sites for hydroxylation is 2. The Morgan fingerprint density at radius 2 is 1.87 bits per heavy atom. The van der Waals surface area contributed by atoms with Crippen molar-refractivity contribution in [1.29, 1.82) is 0 Å². The highest BCUT2D eigenvalue weighted by Gasteiger charge is 2.17.